The van der Waals surface area contributed by atoms with Crippen molar-refractivity contribution in [3.63, 3.8) is 0 Å². The fraction of sp³-hybridized carbons (Fsp3) is 0.0476. The number of hydrogen-bond donors (Lipinski definition) is 2. The van der Waals surface area contributed by atoms with E-state index in [4.69, 9.17) is 0 Å². The number of pyridine rings is 1. The lowest BCUT2D eigenvalue weighted by Gasteiger charge is -2.31. The number of aliphatic hydroxyl groups is 1. The number of anilines is 3. The Morgan fingerprint density at radius 1 is 0.962 bits per heavy atom. The van der Waals surface area contributed by atoms with Gasteiger partial charge >= 0.3 is 0 Å². The quantitative estimate of drug-likeness (QED) is 0.759. The zero-order valence-corrected chi connectivity index (χ0v) is 13.9. The van der Waals surface area contributed by atoms with Gasteiger partial charge < -0.3 is 15.3 Å². The van der Waals surface area contributed by atoms with Crippen molar-refractivity contribution < 1.29 is 9.90 Å². The Morgan fingerprint density at radius 2 is 1.69 bits per heavy atom. The molecule has 128 valence electrons. The molecular formula is C21H17N3O2. The minimum Gasteiger partial charge on any atom is -0.383 e. The number of fused-ring (bicyclic) bond motifs is 1. The first-order valence-electron chi connectivity index (χ1n) is 8.29. The first kappa shape index (κ1) is 16.1. The van der Waals surface area contributed by atoms with Crippen LogP contribution in [0.2, 0.25) is 0 Å². The number of aliphatic hydroxyl groups excluding tert-OH is 1. The molecule has 0 bridgehead atoms. The summed E-state index contributed by atoms with van der Waals surface area (Å²) >= 11 is 0. The van der Waals surface area contributed by atoms with Gasteiger partial charge in [-0.05, 0) is 30.3 Å². The van der Waals surface area contributed by atoms with Gasteiger partial charge in [0, 0.05) is 23.6 Å². The topological polar surface area (TPSA) is 65.5 Å². The van der Waals surface area contributed by atoms with E-state index >= 15 is 0 Å². The van der Waals surface area contributed by atoms with Crippen LogP contribution < -0.4 is 10.2 Å². The van der Waals surface area contributed by atoms with Gasteiger partial charge in [-0.15, -0.1) is 0 Å². The monoisotopic (exact) mass is 343 g/mol. The number of nitrogens with zero attached hydrogens (tertiary/aromatic N) is 2. The third-order valence-electron chi connectivity index (χ3n) is 4.26. The number of para-hydroxylation sites is 2. The summed E-state index contributed by atoms with van der Waals surface area (Å²) in [6.45, 7) is 0. The van der Waals surface area contributed by atoms with Crippen LogP contribution in [-0.4, -0.2) is 16.0 Å². The largest absolute Gasteiger partial charge is 0.383 e. The second kappa shape index (κ2) is 6.82. The van der Waals surface area contributed by atoms with Crippen LogP contribution in [0.4, 0.5) is 17.2 Å². The highest BCUT2D eigenvalue weighted by Gasteiger charge is 2.30. The Balaban J connectivity index is 1.74. The van der Waals surface area contributed by atoms with Crippen LogP contribution in [-0.2, 0) is 4.79 Å². The number of carbonyl (C=O) groups excluding carboxylic acids is 1. The van der Waals surface area contributed by atoms with E-state index in [1.165, 1.54) is 0 Å². The van der Waals surface area contributed by atoms with Crippen LogP contribution in [0.15, 0.2) is 90.8 Å². The molecule has 0 aliphatic carbocycles. The lowest BCUT2D eigenvalue weighted by molar-refractivity contribution is -0.113. The van der Waals surface area contributed by atoms with Crippen molar-refractivity contribution in [2.24, 2.45) is 0 Å². The van der Waals surface area contributed by atoms with Gasteiger partial charge in [-0.3, -0.25) is 4.79 Å². The van der Waals surface area contributed by atoms with Gasteiger partial charge in [0.2, 0.25) is 0 Å². The molecule has 0 radical (unpaired) electrons. The van der Waals surface area contributed by atoms with Gasteiger partial charge in [-0.25, -0.2) is 4.98 Å². The molecule has 2 aromatic carbocycles. The standard InChI is InChI=1S/C21H17N3O2/c25-20-16-10-4-5-11-18(16)24(15-8-2-1-3-9-15)14-17(20)21(26)23-19-12-6-7-13-22-19/h1-14,20,25H,(H,22,23,26). The molecule has 2 N–H and O–H groups in total. The molecule has 0 saturated heterocycles. The number of benzene rings is 2. The molecule has 1 unspecified atom stereocenters. The number of amides is 1. The second-order valence-electron chi connectivity index (χ2n) is 5.92. The Bertz CT molecular complexity index is 955. The summed E-state index contributed by atoms with van der Waals surface area (Å²) in [5, 5.41) is 13.5. The predicted molar refractivity (Wildman–Crippen MR) is 101 cm³/mol. The number of hydrogen-bond acceptors (Lipinski definition) is 4. The smallest absolute Gasteiger partial charge is 0.257 e. The molecule has 2 heterocycles. The summed E-state index contributed by atoms with van der Waals surface area (Å²) in [5.41, 5.74) is 2.71. The van der Waals surface area contributed by atoms with E-state index in [2.05, 4.69) is 10.3 Å². The van der Waals surface area contributed by atoms with Gasteiger partial charge in [-0.1, -0.05) is 42.5 Å². The Hall–Kier alpha value is -3.44. The summed E-state index contributed by atoms with van der Waals surface area (Å²) < 4.78 is 0. The van der Waals surface area contributed by atoms with Gasteiger partial charge in [0.15, 0.2) is 0 Å². The first-order valence-corrected chi connectivity index (χ1v) is 8.29. The van der Waals surface area contributed by atoms with Crippen LogP contribution in [0.1, 0.15) is 11.7 Å². The van der Waals surface area contributed by atoms with Crippen molar-refractivity contribution in [2.45, 2.75) is 6.10 Å². The molecule has 1 amide bonds. The van der Waals surface area contributed by atoms with E-state index in [0.29, 0.717) is 11.4 Å². The van der Waals surface area contributed by atoms with Crippen molar-refractivity contribution >= 4 is 23.1 Å². The van der Waals surface area contributed by atoms with Crippen LogP contribution in [0.25, 0.3) is 0 Å². The van der Waals surface area contributed by atoms with Crippen LogP contribution in [0, 0.1) is 0 Å². The Morgan fingerprint density at radius 3 is 2.46 bits per heavy atom. The van der Waals surface area contributed by atoms with Gasteiger partial charge in [-0.2, -0.15) is 0 Å². The van der Waals surface area contributed by atoms with E-state index in [-0.39, 0.29) is 11.5 Å². The molecule has 0 saturated carbocycles. The summed E-state index contributed by atoms with van der Waals surface area (Å²) in [7, 11) is 0. The van der Waals surface area contributed by atoms with Crippen molar-refractivity contribution in [2.75, 3.05) is 10.2 Å². The molecule has 0 spiro atoms. The summed E-state index contributed by atoms with van der Waals surface area (Å²) in [4.78, 5) is 18.8. The van der Waals surface area contributed by atoms with Gasteiger partial charge in [0.25, 0.3) is 5.91 Å². The molecule has 1 aromatic heterocycles. The summed E-state index contributed by atoms with van der Waals surface area (Å²) in [6.07, 6.45) is 2.28. The number of nitrogens with one attached hydrogen (secondary N) is 1. The molecule has 5 heteroatoms. The predicted octanol–water partition coefficient (Wildman–Crippen LogP) is 3.79. The second-order valence-corrected chi connectivity index (χ2v) is 5.92. The van der Waals surface area contributed by atoms with Crippen molar-refractivity contribution in [1.29, 1.82) is 0 Å². The highest BCUT2D eigenvalue weighted by atomic mass is 16.3. The summed E-state index contributed by atoms with van der Waals surface area (Å²) in [5.74, 6) is 0.0577. The number of aromatic nitrogens is 1. The Labute approximate surface area is 151 Å². The molecule has 1 aliphatic rings. The Kier molecular flexibility index (Phi) is 4.21. The maximum Gasteiger partial charge on any atom is 0.257 e. The van der Waals surface area contributed by atoms with E-state index in [0.717, 1.165) is 11.4 Å². The number of rotatable bonds is 3. The maximum atomic E-state index is 12.8. The summed E-state index contributed by atoms with van der Waals surface area (Å²) in [6, 6.07) is 22.5. The molecule has 1 aliphatic heterocycles. The average molecular weight is 343 g/mol. The lowest BCUT2D eigenvalue weighted by Crippen LogP contribution is -2.27. The minimum absolute atomic E-state index is 0.262. The van der Waals surface area contributed by atoms with Crippen LogP contribution >= 0.6 is 0 Å². The van der Waals surface area contributed by atoms with Gasteiger partial charge in [0.05, 0.1) is 11.3 Å². The molecule has 4 rings (SSSR count). The van der Waals surface area contributed by atoms with E-state index < -0.39 is 6.10 Å². The van der Waals surface area contributed by atoms with Crippen molar-refractivity contribution in [3.8, 4) is 0 Å². The molecule has 5 nitrogen and oxygen atoms in total. The zero-order chi connectivity index (χ0) is 17.9. The third-order valence-corrected chi connectivity index (χ3v) is 4.26. The minimum atomic E-state index is -1.00. The van der Waals surface area contributed by atoms with Gasteiger partial charge in [0.1, 0.15) is 11.9 Å². The highest BCUT2D eigenvalue weighted by Crippen LogP contribution is 2.40. The normalized spacial score (nSPS) is 15.8. The molecule has 26 heavy (non-hydrogen) atoms. The van der Waals surface area contributed by atoms with E-state index in [1.54, 1.807) is 30.6 Å². The van der Waals surface area contributed by atoms with Crippen LogP contribution in [0.5, 0.6) is 0 Å². The number of carbonyl (C=O) groups is 1. The fourth-order valence-corrected chi connectivity index (χ4v) is 3.00. The van der Waals surface area contributed by atoms with Crippen LogP contribution in [0.3, 0.4) is 0 Å². The molecule has 0 fully saturated rings. The maximum absolute atomic E-state index is 12.8. The average Bonchev–Trinajstić information content (AvgIpc) is 2.70. The van der Waals surface area contributed by atoms with Crippen molar-refractivity contribution in [3.05, 3.63) is 96.3 Å². The molecule has 3 aromatic rings. The van der Waals surface area contributed by atoms with E-state index in [1.807, 2.05) is 59.5 Å². The fourth-order valence-electron chi connectivity index (χ4n) is 3.00. The SMILES string of the molecule is O=C(Nc1ccccn1)C1=CN(c2ccccc2)c2ccccc2C1O. The zero-order valence-electron chi connectivity index (χ0n) is 13.9. The third kappa shape index (κ3) is 2.96. The van der Waals surface area contributed by atoms with Crippen molar-refractivity contribution in [1.82, 2.24) is 4.98 Å². The first-order chi connectivity index (χ1) is 12.7. The van der Waals surface area contributed by atoms with E-state index in [9.17, 15) is 9.90 Å². The molecular weight excluding hydrogens is 326 g/mol. The highest BCUT2D eigenvalue weighted by molar-refractivity contribution is 6.05. The molecule has 1 atom stereocenters. The lowest BCUT2D eigenvalue weighted by atomic mass is 9.95.